The molecule has 180 valence electrons. The van der Waals surface area contributed by atoms with E-state index in [2.05, 4.69) is 4.74 Å². The lowest BCUT2D eigenvalue weighted by atomic mass is 9.94. The summed E-state index contributed by atoms with van der Waals surface area (Å²) in [6, 6.07) is 0. The molecule has 0 unspecified atom stereocenters. The van der Waals surface area contributed by atoms with Gasteiger partial charge in [0.1, 0.15) is 0 Å². The average Bonchev–Trinajstić information content (AvgIpc) is 2.59. The van der Waals surface area contributed by atoms with E-state index in [0.717, 1.165) is 0 Å². The topological polar surface area (TPSA) is 29.5 Å². The fraction of sp³-hybridized carbons (Fsp3) is 0.929. The minimum atomic E-state index is -8.05. The fourth-order valence-corrected chi connectivity index (χ4v) is 1.98. The second-order valence-corrected chi connectivity index (χ2v) is 5.89. The predicted octanol–water partition coefficient (Wildman–Crippen LogP) is 5.00. The standard InChI is InChI=1S/C14H16F13NO2/c1-3-28(4-2)6-5-7-30-8(29)9(15,16)10(17,18)11(19,20)12(21,22)13(23,24)14(25,26)27/h3-7H2,1-2H3. The molecular weight excluding hydrogens is 461 g/mol. The molecule has 0 heterocycles. The van der Waals surface area contributed by atoms with Gasteiger partial charge in [0.15, 0.2) is 0 Å². The lowest BCUT2D eigenvalue weighted by Gasteiger charge is -2.38. The number of rotatable bonds is 11. The first-order valence-corrected chi connectivity index (χ1v) is 8.02. The molecule has 30 heavy (non-hydrogen) atoms. The Labute approximate surface area is 161 Å². The number of alkyl halides is 13. The van der Waals surface area contributed by atoms with E-state index in [4.69, 9.17) is 0 Å². The van der Waals surface area contributed by atoms with Gasteiger partial charge < -0.3 is 9.64 Å². The molecule has 0 N–H and O–H groups in total. The number of hydrogen-bond acceptors (Lipinski definition) is 3. The van der Waals surface area contributed by atoms with Gasteiger partial charge in [-0.15, -0.1) is 0 Å². The Kier molecular flexibility index (Phi) is 8.50. The molecule has 0 aromatic rings. The van der Waals surface area contributed by atoms with Crippen LogP contribution in [-0.2, 0) is 9.53 Å². The van der Waals surface area contributed by atoms with Crippen LogP contribution in [0.15, 0.2) is 0 Å². The van der Waals surface area contributed by atoms with Gasteiger partial charge in [0.2, 0.25) is 0 Å². The first-order valence-electron chi connectivity index (χ1n) is 8.02. The van der Waals surface area contributed by atoms with Gasteiger partial charge in [-0.25, -0.2) is 4.79 Å². The minimum Gasteiger partial charge on any atom is -0.461 e. The fourth-order valence-electron chi connectivity index (χ4n) is 1.98. The molecule has 0 aromatic heterocycles. The zero-order valence-electron chi connectivity index (χ0n) is 15.2. The van der Waals surface area contributed by atoms with Crippen molar-refractivity contribution in [1.82, 2.24) is 4.90 Å². The Hall–Kier alpha value is -1.48. The molecule has 0 radical (unpaired) electrons. The third kappa shape index (κ3) is 4.72. The van der Waals surface area contributed by atoms with Crippen molar-refractivity contribution in [1.29, 1.82) is 0 Å². The van der Waals surface area contributed by atoms with Crippen LogP contribution in [0.4, 0.5) is 57.1 Å². The molecule has 0 saturated carbocycles. The molecule has 3 nitrogen and oxygen atoms in total. The SMILES string of the molecule is CCN(CC)CCCOC(=O)C(F)(F)C(F)(F)C(F)(F)C(F)(F)C(F)(F)C(F)(F)F. The Morgan fingerprint density at radius 1 is 0.700 bits per heavy atom. The van der Waals surface area contributed by atoms with Gasteiger partial charge in [-0.2, -0.15) is 57.1 Å². The minimum absolute atomic E-state index is 0.0499. The number of halogens is 13. The maximum absolute atomic E-state index is 13.4. The van der Waals surface area contributed by atoms with Crippen LogP contribution in [0.1, 0.15) is 20.3 Å². The Balaban J connectivity index is 5.66. The molecule has 0 bridgehead atoms. The van der Waals surface area contributed by atoms with Crippen LogP contribution in [0, 0.1) is 0 Å². The molecule has 0 atom stereocenters. The maximum Gasteiger partial charge on any atom is 0.460 e. The summed E-state index contributed by atoms with van der Waals surface area (Å²) < 4.78 is 171. The number of carbonyl (C=O) groups excluding carboxylic acids is 1. The van der Waals surface area contributed by atoms with Crippen LogP contribution in [0.2, 0.25) is 0 Å². The van der Waals surface area contributed by atoms with E-state index < -0.39 is 48.4 Å². The monoisotopic (exact) mass is 477 g/mol. The lowest BCUT2D eigenvalue weighted by Crippen LogP contribution is -2.71. The molecule has 0 fully saturated rings. The largest absolute Gasteiger partial charge is 0.461 e. The highest BCUT2D eigenvalue weighted by Crippen LogP contribution is 2.60. The van der Waals surface area contributed by atoms with E-state index in [0.29, 0.717) is 13.1 Å². The van der Waals surface area contributed by atoms with Gasteiger partial charge in [0.25, 0.3) is 0 Å². The lowest BCUT2D eigenvalue weighted by molar-refractivity contribution is -0.437. The summed E-state index contributed by atoms with van der Waals surface area (Å²) in [6.07, 6.45) is -7.80. The van der Waals surface area contributed by atoms with Gasteiger partial charge in [0, 0.05) is 6.54 Å². The van der Waals surface area contributed by atoms with Crippen molar-refractivity contribution >= 4 is 5.97 Å². The summed E-state index contributed by atoms with van der Waals surface area (Å²) in [5, 5.41) is 0. The number of esters is 1. The normalized spacial score (nSPS) is 14.9. The molecular formula is C14H16F13NO2. The summed E-state index contributed by atoms with van der Waals surface area (Å²) >= 11 is 0. The Morgan fingerprint density at radius 3 is 1.47 bits per heavy atom. The van der Waals surface area contributed by atoms with Gasteiger partial charge in [0.05, 0.1) is 6.61 Å². The van der Waals surface area contributed by atoms with Crippen molar-refractivity contribution in [2.75, 3.05) is 26.2 Å². The van der Waals surface area contributed by atoms with Crippen LogP contribution >= 0.6 is 0 Å². The molecule has 0 amide bonds. The number of hydrogen-bond donors (Lipinski definition) is 0. The van der Waals surface area contributed by atoms with Crippen LogP contribution in [0.3, 0.4) is 0 Å². The Morgan fingerprint density at radius 2 is 1.10 bits per heavy atom. The van der Waals surface area contributed by atoms with E-state index in [-0.39, 0.29) is 13.0 Å². The number of nitrogens with zero attached hydrogens (tertiary/aromatic N) is 1. The molecule has 0 aromatic carbocycles. The van der Waals surface area contributed by atoms with Gasteiger partial charge in [-0.3, -0.25) is 0 Å². The van der Waals surface area contributed by atoms with Crippen LogP contribution in [0.5, 0.6) is 0 Å². The summed E-state index contributed by atoms with van der Waals surface area (Å²) in [4.78, 5) is 12.7. The molecule has 0 aliphatic carbocycles. The van der Waals surface area contributed by atoms with E-state index in [9.17, 15) is 61.9 Å². The third-order valence-corrected chi connectivity index (χ3v) is 3.94. The molecule has 16 heteroatoms. The Bertz CT molecular complexity index is 585. The van der Waals surface area contributed by atoms with Crippen molar-refractivity contribution < 1.29 is 66.6 Å². The van der Waals surface area contributed by atoms with E-state index >= 15 is 0 Å². The van der Waals surface area contributed by atoms with Crippen molar-refractivity contribution in [2.45, 2.75) is 56.1 Å². The zero-order chi connectivity index (χ0) is 24.4. The van der Waals surface area contributed by atoms with Gasteiger partial charge >= 0.3 is 41.8 Å². The van der Waals surface area contributed by atoms with Crippen LogP contribution in [-0.4, -0.2) is 72.9 Å². The molecule has 0 aliphatic heterocycles. The van der Waals surface area contributed by atoms with Gasteiger partial charge in [-0.1, -0.05) is 13.8 Å². The summed E-state index contributed by atoms with van der Waals surface area (Å²) in [5.74, 6) is -41.9. The zero-order valence-corrected chi connectivity index (χ0v) is 15.2. The highest BCUT2D eigenvalue weighted by molar-refractivity contribution is 5.79. The molecule has 0 spiro atoms. The van der Waals surface area contributed by atoms with Crippen LogP contribution in [0.25, 0.3) is 0 Å². The number of ether oxygens (including phenoxy) is 1. The third-order valence-electron chi connectivity index (χ3n) is 3.94. The molecule has 0 aliphatic rings. The summed E-state index contributed by atoms with van der Waals surface area (Å²) in [7, 11) is 0. The quantitative estimate of drug-likeness (QED) is 0.238. The van der Waals surface area contributed by atoms with Crippen molar-refractivity contribution in [3.8, 4) is 0 Å². The summed E-state index contributed by atoms with van der Waals surface area (Å²) in [6.45, 7) is 3.13. The first-order chi connectivity index (χ1) is 13.2. The molecule has 0 saturated heterocycles. The molecule has 0 rings (SSSR count). The van der Waals surface area contributed by atoms with Gasteiger partial charge in [-0.05, 0) is 19.5 Å². The van der Waals surface area contributed by atoms with Crippen LogP contribution < -0.4 is 0 Å². The van der Waals surface area contributed by atoms with Crippen molar-refractivity contribution in [3.63, 3.8) is 0 Å². The first kappa shape index (κ1) is 28.5. The highest BCUT2D eigenvalue weighted by Gasteiger charge is 2.92. The van der Waals surface area contributed by atoms with Crippen molar-refractivity contribution in [3.05, 3.63) is 0 Å². The maximum atomic E-state index is 13.4. The van der Waals surface area contributed by atoms with E-state index in [1.54, 1.807) is 18.7 Å². The second kappa shape index (κ2) is 8.94. The second-order valence-electron chi connectivity index (χ2n) is 5.89. The van der Waals surface area contributed by atoms with E-state index in [1.807, 2.05) is 0 Å². The van der Waals surface area contributed by atoms with Crippen molar-refractivity contribution in [2.24, 2.45) is 0 Å². The summed E-state index contributed by atoms with van der Waals surface area (Å²) in [5.41, 5.74) is 0. The average molecular weight is 477 g/mol. The number of carbonyl (C=O) groups is 1. The highest BCUT2D eigenvalue weighted by atomic mass is 19.4. The predicted molar refractivity (Wildman–Crippen MR) is 74.2 cm³/mol. The van der Waals surface area contributed by atoms with E-state index in [1.165, 1.54) is 0 Å². The smallest absolute Gasteiger partial charge is 0.460 e.